The highest BCUT2D eigenvalue weighted by atomic mass is 35.5. The summed E-state index contributed by atoms with van der Waals surface area (Å²) in [7, 11) is 0. The lowest BCUT2D eigenvalue weighted by Crippen LogP contribution is -2.31. The number of H-pyrrole nitrogens is 1. The maximum absolute atomic E-state index is 16.3. The van der Waals surface area contributed by atoms with Crippen LogP contribution in [-0.4, -0.2) is 45.0 Å². The van der Waals surface area contributed by atoms with Crippen LogP contribution in [0.1, 0.15) is 73.5 Å². The topological polar surface area (TPSA) is 105 Å². The molecule has 10 rings (SSSR count). The van der Waals surface area contributed by atoms with E-state index in [0.29, 0.717) is 44.2 Å². The lowest BCUT2D eigenvalue weighted by atomic mass is 9.87. The van der Waals surface area contributed by atoms with Crippen molar-refractivity contribution in [2.75, 3.05) is 13.1 Å². The number of carbonyl (C=O) groups excluding carboxylic acids is 1. The summed E-state index contributed by atoms with van der Waals surface area (Å²) in [5.41, 5.74) is 4.44. The molecule has 0 radical (unpaired) electrons. The molecule has 0 spiro atoms. The highest BCUT2D eigenvalue weighted by Gasteiger charge is 2.39. The van der Waals surface area contributed by atoms with Gasteiger partial charge >= 0.3 is 0 Å². The summed E-state index contributed by atoms with van der Waals surface area (Å²) in [6, 6.07) is 16.4. The van der Waals surface area contributed by atoms with Gasteiger partial charge in [-0.2, -0.15) is 5.26 Å². The number of hydrogen-bond acceptors (Lipinski definition) is 5. The highest BCUT2D eigenvalue weighted by molar-refractivity contribution is 6.43. The first-order chi connectivity index (χ1) is 25.6. The monoisotopic (exact) mass is 777 g/mol. The van der Waals surface area contributed by atoms with E-state index in [2.05, 4.69) is 27.4 Å². The molecule has 2 saturated carbocycles. The Morgan fingerprint density at radius 2 is 1.85 bits per heavy atom. The molecule has 5 fully saturated rings. The number of nitriles is 1. The molecule has 3 N–H and O–H groups in total. The number of hydrogen-bond donors (Lipinski definition) is 3. The zero-order valence-corrected chi connectivity index (χ0v) is 31.6. The minimum Gasteiger partial charge on any atom is -0.392 e. The number of nitrogens with one attached hydrogen (secondary N) is 2. The van der Waals surface area contributed by atoms with Crippen molar-refractivity contribution in [3.8, 4) is 17.2 Å². The third kappa shape index (κ3) is 7.76. The van der Waals surface area contributed by atoms with Gasteiger partial charge in [-0.3, -0.25) is 4.79 Å². The van der Waals surface area contributed by atoms with Gasteiger partial charge in [0.1, 0.15) is 11.3 Å². The number of amides is 1. The van der Waals surface area contributed by atoms with Crippen molar-refractivity contribution in [3.05, 3.63) is 97.7 Å². The lowest BCUT2D eigenvalue weighted by Gasteiger charge is -2.24. The van der Waals surface area contributed by atoms with E-state index in [9.17, 15) is 14.4 Å². The normalized spacial score (nSPS) is 20.0. The molecule has 5 heterocycles. The second-order valence-corrected chi connectivity index (χ2v) is 15.6. The average Bonchev–Trinajstić information content (AvgIpc) is 3.53. The van der Waals surface area contributed by atoms with E-state index >= 15 is 4.39 Å². The molecule has 5 aliphatic rings. The molecule has 5 aromatic rings. The molecule has 1 atom stereocenters. The Kier molecular flexibility index (Phi) is 11.3. The number of benzene rings is 3. The molecule has 3 saturated heterocycles. The largest absolute Gasteiger partial charge is 0.392 e. The Labute approximate surface area is 322 Å². The van der Waals surface area contributed by atoms with Crippen LogP contribution >= 0.6 is 34.8 Å². The van der Waals surface area contributed by atoms with E-state index in [1.807, 2.05) is 17.9 Å². The average molecular weight is 779 g/mol. The predicted octanol–water partition coefficient (Wildman–Crippen LogP) is 10.0. The Morgan fingerprint density at radius 1 is 1.06 bits per heavy atom. The Bertz CT molecular complexity index is 2210. The number of fused-ring (bicyclic) bond motifs is 4. The van der Waals surface area contributed by atoms with Crippen molar-refractivity contribution in [1.29, 1.82) is 5.26 Å². The van der Waals surface area contributed by atoms with Crippen LogP contribution in [-0.2, 0) is 17.8 Å². The highest BCUT2D eigenvalue weighted by Crippen LogP contribution is 2.43. The van der Waals surface area contributed by atoms with E-state index in [1.165, 1.54) is 37.6 Å². The Hall–Kier alpha value is -3.78. The van der Waals surface area contributed by atoms with Gasteiger partial charge in [-0.05, 0) is 100 Å². The first-order valence-electron chi connectivity index (χ1n) is 18.1. The fraction of sp³-hybridized carbons (Fsp3) is 0.390. The standard InChI is InChI=1S/C29H25Cl2FN4O.C7H6ClFO.C5H9N/c1-15-19-14-22(23-8-4-12-36(23)29(37)16-9-10-16)35-27(19)20-13-17(5-3-11-33)24(26(32)28(20)34-15)18-6-2-7-21(30)25(18)31;8-6-2-1-5(4-10)7(9)3-6;1-4-2-5(1)6-3-4/h2,6-7,13-14,16,23,35H,3-5,8-10,12H2,1H3;1-3,10H,4H2;4-6H,1-3H2. The minimum absolute atomic E-state index is 0.0117. The van der Waals surface area contributed by atoms with Gasteiger partial charge in [-0.15, -0.1) is 0 Å². The van der Waals surface area contributed by atoms with E-state index in [1.54, 1.807) is 18.2 Å². The molecule has 2 aliphatic carbocycles. The first kappa shape index (κ1) is 37.5. The van der Waals surface area contributed by atoms with Gasteiger partial charge < -0.3 is 20.3 Å². The van der Waals surface area contributed by atoms with Crippen LogP contribution in [0.5, 0.6) is 0 Å². The van der Waals surface area contributed by atoms with Crippen LogP contribution in [0.2, 0.25) is 15.1 Å². The molecule has 2 aromatic heterocycles. The maximum Gasteiger partial charge on any atom is 0.226 e. The predicted molar refractivity (Wildman–Crippen MR) is 206 cm³/mol. The second kappa shape index (κ2) is 15.9. The summed E-state index contributed by atoms with van der Waals surface area (Å²) in [5, 5.41) is 23.7. The van der Waals surface area contributed by atoms with Crippen LogP contribution in [0.4, 0.5) is 8.78 Å². The quantitative estimate of drug-likeness (QED) is 0.159. The van der Waals surface area contributed by atoms with Crippen molar-refractivity contribution in [2.45, 2.75) is 77.0 Å². The van der Waals surface area contributed by atoms with Crippen LogP contribution in [0.3, 0.4) is 0 Å². The fourth-order valence-electron chi connectivity index (χ4n) is 7.72. The van der Waals surface area contributed by atoms with Crippen molar-refractivity contribution >= 4 is 62.5 Å². The van der Waals surface area contributed by atoms with Gasteiger partial charge in [0.25, 0.3) is 0 Å². The maximum atomic E-state index is 16.3. The first-order valence-corrected chi connectivity index (χ1v) is 19.3. The number of rotatable bonds is 6. The molecule has 7 nitrogen and oxygen atoms in total. The number of pyridine rings is 1. The molecule has 1 amide bonds. The van der Waals surface area contributed by atoms with Gasteiger partial charge in [0, 0.05) is 68.8 Å². The summed E-state index contributed by atoms with van der Waals surface area (Å²) in [4.78, 5) is 23.1. The van der Waals surface area contributed by atoms with Crippen LogP contribution < -0.4 is 5.32 Å². The zero-order valence-electron chi connectivity index (χ0n) is 29.3. The number of aromatic nitrogens is 2. The van der Waals surface area contributed by atoms with Crippen molar-refractivity contribution in [2.24, 2.45) is 11.8 Å². The van der Waals surface area contributed by atoms with Gasteiger partial charge in [-0.1, -0.05) is 53.0 Å². The number of aromatic amines is 1. The number of nitrogens with zero attached hydrogens (tertiary/aromatic N) is 3. The summed E-state index contributed by atoms with van der Waals surface area (Å²) < 4.78 is 28.9. The number of likely N-dealkylation sites (tertiary alicyclic amines) is 1. The number of aliphatic hydroxyl groups excluding tert-OH is 1. The van der Waals surface area contributed by atoms with E-state index in [-0.39, 0.29) is 47.0 Å². The van der Waals surface area contributed by atoms with Crippen LogP contribution in [0.25, 0.3) is 32.9 Å². The molecular formula is C41H40Cl3F2N5O2. The van der Waals surface area contributed by atoms with E-state index in [4.69, 9.17) is 39.9 Å². The van der Waals surface area contributed by atoms with Gasteiger partial charge in [0.2, 0.25) is 5.91 Å². The smallest absolute Gasteiger partial charge is 0.226 e. The Balaban J connectivity index is 0.000000222. The Morgan fingerprint density at radius 3 is 2.49 bits per heavy atom. The van der Waals surface area contributed by atoms with Crippen molar-refractivity contribution in [1.82, 2.24) is 20.2 Å². The summed E-state index contributed by atoms with van der Waals surface area (Å²) >= 11 is 18.2. The summed E-state index contributed by atoms with van der Waals surface area (Å²) in [5.74, 6) is 0.545. The molecule has 276 valence electrons. The number of halogens is 5. The van der Waals surface area contributed by atoms with Gasteiger partial charge in [-0.25, -0.2) is 13.8 Å². The van der Waals surface area contributed by atoms with Crippen LogP contribution in [0.15, 0.2) is 48.5 Å². The number of aliphatic hydroxyl groups is 1. The van der Waals surface area contributed by atoms with E-state index in [0.717, 1.165) is 60.8 Å². The van der Waals surface area contributed by atoms with Crippen LogP contribution in [0, 0.1) is 41.7 Å². The third-order valence-corrected chi connectivity index (χ3v) is 11.8. The molecule has 12 heteroatoms. The summed E-state index contributed by atoms with van der Waals surface area (Å²) in [6.07, 6.45) is 7.35. The molecule has 53 heavy (non-hydrogen) atoms. The zero-order chi connectivity index (χ0) is 37.4. The minimum atomic E-state index is -0.484. The lowest BCUT2D eigenvalue weighted by molar-refractivity contribution is -0.133. The van der Waals surface area contributed by atoms with Crippen molar-refractivity contribution in [3.63, 3.8) is 0 Å². The third-order valence-electron chi connectivity index (χ3n) is 10.8. The number of carbonyl (C=O) groups is 1. The molecule has 3 aromatic carbocycles. The summed E-state index contributed by atoms with van der Waals surface area (Å²) in [6.45, 7) is 3.66. The number of aryl methyl sites for hydroxylation is 2. The SMILES string of the molecule is C1NC2CC1C2.Cc1nc2c(F)c(-c3cccc(Cl)c3Cl)c(CCC#N)cc2c2[nH]c(C3CCCN3C(=O)C3CC3)cc12.OCc1ccc(Cl)cc1F. The van der Waals surface area contributed by atoms with Gasteiger partial charge in [0.15, 0.2) is 5.82 Å². The van der Waals surface area contributed by atoms with Gasteiger partial charge in [0.05, 0.1) is 34.3 Å². The molecule has 2 bridgehead atoms. The van der Waals surface area contributed by atoms with Crippen molar-refractivity contribution < 1.29 is 18.7 Å². The fourth-order valence-corrected chi connectivity index (χ4v) is 8.27. The molecule has 3 aliphatic heterocycles. The molecular weight excluding hydrogens is 739 g/mol. The molecule has 1 unspecified atom stereocenters. The van der Waals surface area contributed by atoms with E-state index < -0.39 is 11.6 Å². The second-order valence-electron chi connectivity index (χ2n) is 14.4.